The molecule has 6 heteroatoms. The highest BCUT2D eigenvalue weighted by Crippen LogP contribution is 2.23. The third-order valence-electron chi connectivity index (χ3n) is 2.78. The van der Waals surface area contributed by atoms with E-state index in [0.717, 1.165) is 38.2 Å². The van der Waals surface area contributed by atoms with Crippen LogP contribution in [0.15, 0.2) is 24.3 Å². The van der Waals surface area contributed by atoms with Crippen molar-refractivity contribution in [2.75, 3.05) is 26.7 Å². The van der Waals surface area contributed by atoms with Gasteiger partial charge in [0.05, 0.1) is 0 Å². The molecule has 0 aliphatic heterocycles. The summed E-state index contributed by atoms with van der Waals surface area (Å²) in [6, 6.07) is 6.04. The van der Waals surface area contributed by atoms with E-state index in [4.69, 9.17) is 0 Å². The van der Waals surface area contributed by atoms with Crippen LogP contribution < -0.4 is 10.1 Å². The summed E-state index contributed by atoms with van der Waals surface area (Å²) in [7, 11) is 1.90. The van der Waals surface area contributed by atoms with Crippen molar-refractivity contribution in [2.45, 2.75) is 26.3 Å². The van der Waals surface area contributed by atoms with E-state index in [1.54, 1.807) is 12.1 Å². The molecule has 0 aliphatic carbocycles. The van der Waals surface area contributed by atoms with Crippen molar-refractivity contribution in [3.8, 4) is 5.75 Å². The third-order valence-corrected chi connectivity index (χ3v) is 2.78. The van der Waals surface area contributed by atoms with Crippen LogP contribution in [0.4, 0.5) is 13.2 Å². The number of hydrogen-bond donors (Lipinski definition) is 1. The number of rotatable bonds is 8. The molecule has 0 saturated heterocycles. The maximum Gasteiger partial charge on any atom is 0.573 e. The number of likely N-dealkylation sites (N-methyl/N-ethyl adjacent to an activating group) is 1. The minimum Gasteiger partial charge on any atom is -0.406 e. The number of nitrogens with zero attached hydrogens (tertiary/aromatic N) is 1. The SMILES string of the molecule is CCCN(CCNC)Cc1ccc(OC(F)(F)F)cc1. The molecular formula is C14H21F3N2O. The van der Waals surface area contributed by atoms with E-state index in [1.165, 1.54) is 12.1 Å². The molecule has 0 amide bonds. The van der Waals surface area contributed by atoms with Gasteiger partial charge in [0.25, 0.3) is 0 Å². The van der Waals surface area contributed by atoms with Crippen molar-refractivity contribution in [3.05, 3.63) is 29.8 Å². The molecule has 3 nitrogen and oxygen atoms in total. The average molecular weight is 290 g/mol. The van der Waals surface area contributed by atoms with Crippen molar-refractivity contribution < 1.29 is 17.9 Å². The molecule has 0 fully saturated rings. The Morgan fingerprint density at radius 2 is 1.80 bits per heavy atom. The second-order valence-electron chi connectivity index (χ2n) is 4.57. The fraction of sp³-hybridized carbons (Fsp3) is 0.571. The lowest BCUT2D eigenvalue weighted by atomic mass is 10.2. The van der Waals surface area contributed by atoms with Crippen LogP contribution in [-0.4, -0.2) is 37.9 Å². The van der Waals surface area contributed by atoms with Crippen LogP contribution in [-0.2, 0) is 6.54 Å². The van der Waals surface area contributed by atoms with Gasteiger partial charge in [-0.1, -0.05) is 19.1 Å². The highest BCUT2D eigenvalue weighted by Gasteiger charge is 2.30. The zero-order valence-corrected chi connectivity index (χ0v) is 11.8. The predicted octanol–water partition coefficient (Wildman–Crippen LogP) is 3.02. The summed E-state index contributed by atoms with van der Waals surface area (Å²) in [6.45, 7) is 5.58. The Labute approximate surface area is 117 Å². The van der Waals surface area contributed by atoms with E-state index in [9.17, 15) is 13.2 Å². The van der Waals surface area contributed by atoms with Gasteiger partial charge >= 0.3 is 6.36 Å². The first-order chi connectivity index (χ1) is 9.44. The van der Waals surface area contributed by atoms with Gasteiger partial charge in [-0.15, -0.1) is 13.2 Å². The van der Waals surface area contributed by atoms with E-state index in [-0.39, 0.29) is 5.75 Å². The fourth-order valence-corrected chi connectivity index (χ4v) is 1.91. The molecular weight excluding hydrogens is 269 g/mol. The van der Waals surface area contributed by atoms with Gasteiger partial charge in [-0.05, 0) is 37.7 Å². The number of hydrogen-bond acceptors (Lipinski definition) is 3. The van der Waals surface area contributed by atoms with Gasteiger partial charge in [0.1, 0.15) is 5.75 Å². The highest BCUT2D eigenvalue weighted by atomic mass is 19.4. The Balaban J connectivity index is 2.58. The Hall–Kier alpha value is -1.27. The Morgan fingerprint density at radius 1 is 1.15 bits per heavy atom. The second kappa shape index (κ2) is 8.11. The summed E-state index contributed by atoms with van der Waals surface area (Å²) >= 11 is 0. The molecule has 1 N–H and O–H groups in total. The molecule has 0 radical (unpaired) electrons. The fourth-order valence-electron chi connectivity index (χ4n) is 1.91. The van der Waals surface area contributed by atoms with E-state index in [0.29, 0.717) is 0 Å². The topological polar surface area (TPSA) is 24.5 Å². The Bertz CT molecular complexity index is 379. The van der Waals surface area contributed by atoms with Crippen LogP contribution in [0.2, 0.25) is 0 Å². The van der Waals surface area contributed by atoms with E-state index in [2.05, 4.69) is 21.9 Å². The summed E-state index contributed by atoms with van der Waals surface area (Å²) in [5.74, 6) is -0.182. The van der Waals surface area contributed by atoms with E-state index >= 15 is 0 Å². The van der Waals surface area contributed by atoms with Gasteiger partial charge in [0, 0.05) is 19.6 Å². The lowest BCUT2D eigenvalue weighted by molar-refractivity contribution is -0.274. The molecule has 1 aromatic rings. The molecule has 0 saturated carbocycles. The van der Waals surface area contributed by atoms with Gasteiger partial charge < -0.3 is 10.1 Å². The van der Waals surface area contributed by atoms with Gasteiger partial charge in [-0.3, -0.25) is 4.90 Å². The van der Waals surface area contributed by atoms with Crippen molar-refractivity contribution in [2.24, 2.45) is 0 Å². The van der Waals surface area contributed by atoms with Crippen molar-refractivity contribution in [1.29, 1.82) is 0 Å². The maximum atomic E-state index is 12.1. The van der Waals surface area contributed by atoms with Gasteiger partial charge in [-0.25, -0.2) is 0 Å². The van der Waals surface area contributed by atoms with Gasteiger partial charge in [0.2, 0.25) is 0 Å². The highest BCUT2D eigenvalue weighted by molar-refractivity contribution is 5.27. The van der Waals surface area contributed by atoms with Crippen molar-refractivity contribution in [1.82, 2.24) is 10.2 Å². The smallest absolute Gasteiger partial charge is 0.406 e. The van der Waals surface area contributed by atoms with Gasteiger partial charge in [-0.2, -0.15) is 0 Å². The first kappa shape index (κ1) is 16.8. The summed E-state index contributed by atoms with van der Waals surface area (Å²) in [4.78, 5) is 2.26. The first-order valence-corrected chi connectivity index (χ1v) is 6.66. The van der Waals surface area contributed by atoms with Crippen molar-refractivity contribution >= 4 is 0 Å². The van der Waals surface area contributed by atoms with Crippen LogP contribution in [0.5, 0.6) is 5.75 Å². The minimum atomic E-state index is -4.64. The number of ether oxygens (including phenoxy) is 1. The molecule has 20 heavy (non-hydrogen) atoms. The summed E-state index contributed by atoms with van der Waals surface area (Å²) in [5, 5.41) is 3.09. The molecule has 0 atom stereocenters. The molecule has 0 unspecified atom stereocenters. The molecule has 0 heterocycles. The van der Waals surface area contributed by atoms with Crippen LogP contribution in [0.1, 0.15) is 18.9 Å². The average Bonchev–Trinajstić information content (AvgIpc) is 2.37. The zero-order valence-electron chi connectivity index (χ0n) is 11.8. The lowest BCUT2D eigenvalue weighted by Gasteiger charge is -2.21. The molecule has 1 rings (SSSR count). The van der Waals surface area contributed by atoms with Crippen molar-refractivity contribution in [3.63, 3.8) is 0 Å². The quantitative estimate of drug-likeness (QED) is 0.796. The Kier molecular flexibility index (Phi) is 6.81. The normalized spacial score (nSPS) is 11.9. The predicted molar refractivity (Wildman–Crippen MR) is 72.6 cm³/mol. The zero-order chi connectivity index (χ0) is 15.0. The summed E-state index contributed by atoms with van der Waals surface area (Å²) in [6.07, 6.45) is -3.60. The third kappa shape index (κ3) is 6.77. The first-order valence-electron chi connectivity index (χ1n) is 6.66. The number of benzene rings is 1. The molecule has 0 bridgehead atoms. The van der Waals surface area contributed by atoms with E-state index < -0.39 is 6.36 Å². The van der Waals surface area contributed by atoms with Crippen LogP contribution in [0, 0.1) is 0 Å². The van der Waals surface area contributed by atoms with E-state index in [1.807, 2.05) is 7.05 Å². The number of nitrogens with one attached hydrogen (secondary N) is 1. The molecule has 1 aromatic carbocycles. The standard InChI is InChI=1S/C14H21F3N2O/c1-3-9-19(10-8-18-2)11-12-4-6-13(7-5-12)20-14(15,16)17/h4-7,18H,3,8-11H2,1-2H3. The largest absolute Gasteiger partial charge is 0.573 e. The monoisotopic (exact) mass is 290 g/mol. The minimum absolute atomic E-state index is 0.182. The molecule has 0 aromatic heterocycles. The summed E-state index contributed by atoms with van der Waals surface area (Å²) in [5.41, 5.74) is 0.976. The molecule has 0 aliphatic rings. The molecule has 114 valence electrons. The van der Waals surface area contributed by atoms with Crippen LogP contribution in [0.3, 0.4) is 0 Å². The second-order valence-corrected chi connectivity index (χ2v) is 4.57. The summed E-state index contributed by atoms with van der Waals surface area (Å²) < 4.78 is 40.0. The van der Waals surface area contributed by atoms with Crippen LogP contribution in [0.25, 0.3) is 0 Å². The maximum absolute atomic E-state index is 12.1. The number of alkyl halides is 3. The van der Waals surface area contributed by atoms with Gasteiger partial charge in [0.15, 0.2) is 0 Å². The number of halogens is 3. The molecule has 0 spiro atoms. The lowest BCUT2D eigenvalue weighted by Crippen LogP contribution is -2.31. The van der Waals surface area contributed by atoms with Crippen LogP contribution >= 0.6 is 0 Å². The Morgan fingerprint density at radius 3 is 2.30 bits per heavy atom.